The summed E-state index contributed by atoms with van der Waals surface area (Å²) in [6.07, 6.45) is 4.27. The SMILES string of the molecule is CC1(C)c2sc(=O)[nH]c2S[C@H]2[C@H]3CC[C@@H](C3)[C@@H]21. The Balaban J connectivity index is 1.89. The molecule has 0 radical (unpaired) electrons. The summed E-state index contributed by atoms with van der Waals surface area (Å²) in [6.45, 7) is 4.71. The zero-order chi connectivity index (χ0) is 11.8. The lowest BCUT2D eigenvalue weighted by Crippen LogP contribution is -2.42. The van der Waals surface area contributed by atoms with Crippen LogP contribution in [0.3, 0.4) is 0 Å². The number of hydrogen-bond donors (Lipinski definition) is 1. The van der Waals surface area contributed by atoms with Crippen LogP contribution < -0.4 is 4.87 Å². The molecule has 0 unspecified atom stereocenters. The molecule has 3 aliphatic rings. The summed E-state index contributed by atoms with van der Waals surface area (Å²) in [5.74, 6) is 2.62. The van der Waals surface area contributed by atoms with Crippen molar-refractivity contribution in [1.82, 2.24) is 4.98 Å². The second-order valence-electron chi connectivity index (χ2n) is 6.34. The Hall–Kier alpha value is -0.220. The highest BCUT2D eigenvalue weighted by Crippen LogP contribution is 2.64. The van der Waals surface area contributed by atoms with Gasteiger partial charge in [0.15, 0.2) is 0 Å². The predicted molar refractivity (Wildman–Crippen MR) is 71.9 cm³/mol. The summed E-state index contributed by atoms with van der Waals surface area (Å²) < 4.78 is 0. The molecule has 1 aliphatic heterocycles. The first kappa shape index (κ1) is 10.7. The van der Waals surface area contributed by atoms with Crippen LogP contribution in [-0.4, -0.2) is 10.2 Å². The van der Waals surface area contributed by atoms with Crippen LogP contribution in [0.5, 0.6) is 0 Å². The lowest BCUT2D eigenvalue weighted by atomic mass is 9.69. The van der Waals surface area contributed by atoms with Gasteiger partial charge in [0.1, 0.15) is 0 Å². The second-order valence-corrected chi connectivity index (χ2v) is 8.51. The molecule has 2 heterocycles. The van der Waals surface area contributed by atoms with Gasteiger partial charge in [0.2, 0.25) is 0 Å². The van der Waals surface area contributed by atoms with Crippen molar-refractivity contribution in [3.05, 3.63) is 14.5 Å². The van der Waals surface area contributed by atoms with E-state index in [1.807, 2.05) is 11.8 Å². The van der Waals surface area contributed by atoms with Crippen LogP contribution in [0, 0.1) is 17.8 Å². The van der Waals surface area contributed by atoms with Crippen molar-refractivity contribution < 1.29 is 0 Å². The van der Waals surface area contributed by atoms with Crippen molar-refractivity contribution in [2.75, 3.05) is 0 Å². The third-order valence-electron chi connectivity index (χ3n) is 5.13. The van der Waals surface area contributed by atoms with E-state index < -0.39 is 0 Å². The number of aromatic nitrogens is 1. The normalized spacial score (nSPS) is 41.3. The molecule has 2 fully saturated rings. The van der Waals surface area contributed by atoms with Crippen molar-refractivity contribution in [3.63, 3.8) is 0 Å². The first-order valence-electron chi connectivity index (χ1n) is 6.47. The van der Waals surface area contributed by atoms with E-state index in [1.54, 1.807) is 0 Å². The Bertz CT molecular complexity index is 530. The van der Waals surface area contributed by atoms with Crippen LogP contribution in [0.1, 0.15) is 38.0 Å². The average molecular weight is 267 g/mol. The first-order valence-corrected chi connectivity index (χ1v) is 8.17. The molecule has 17 heavy (non-hydrogen) atoms. The molecule has 92 valence electrons. The summed E-state index contributed by atoms with van der Waals surface area (Å²) in [7, 11) is 0. The minimum absolute atomic E-state index is 0.128. The van der Waals surface area contributed by atoms with Crippen LogP contribution in [0.25, 0.3) is 0 Å². The maximum atomic E-state index is 11.6. The molecule has 0 saturated heterocycles. The Morgan fingerprint density at radius 3 is 2.88 bits per heavy atom. The van der Waals surface area contributed by atoms with Gasteiger partial charge in [-0.25, -0.2) is 0 Å². The van der Waals surface area contributed by atoms with E-state index in [4.69, 9.17) is 0 Å². The van der Waals surface area contributed by atoms with Gasteiger partial charge in [-0.3, -0.25) is 4.79 Å². The van der Waals surface area contributed by atoms with E-state index in [2.05, 4.69) is 18.8 Å². The monoisotopic (exact) mass is 267 g/mol. The standard InChI is InChI=1S/C13H17NOS2/c1-13(2)8-6-3-4-7(5-6)9(8)16-11-10(13)17-12(15)14-11/h6-9H,3-5H2,1-2H3,(H,14,15)/t6-,7-,8-,9-/m0/s1. The smallest absolute Gasteiger partial charge is 0.305 e. The fraction of sp³-hybridized carbons (Fsp3) is 0.769. The van der Waals surface area contributed by atoms with Gasteiger partial charge < -0.3 is 4.98 Å². The van der Waals surface area contributed by atoms with Crippen molar-refractivity contribution >= 4 is 23.1 Å². The van der Waals surface area contributed by atoms with Gasteiger partial charge >= 0.3 is 4.87 Å². The molecule has 2 bridgehead atoms. The number of rotatable bonds is 0. The highest BCUT2D eigenvalue weighted by Gasteiger charge is 2.57. The molecule has 0 aromatic carbocycles. The number of H-pyrrole nitrogens is 1. The Morgan fingerprint density at radius 1 is 1.29 bits per heavy atom. The van der Waals surface area contributed by atoms with Gasteiger partial charge in [0, 0.05) is 15.5 Å². The number of thioether (sulfide) groups is 1. The lowest BCUT2D eigenvalue weighted by molar-refractivity contribution is 0.218. The summed E-state index contributed by atoms with van der Waals surface area (Å²) in [5, 5.41) is 1.94. The molecule has 2 aliphatic carbocycles. The topological polar surface area (TPSA) is 32.9 Å². The van der Waals surface area contributed by atoms with Gasteiger partial charge in [-0.1, -0.05) is 25.2 Å². The summed E-state index contributed by atoms with van der Waals surface area (Å²) in [4.78, 5) is 16.1. The van der Waals surface area contributed by atoms with Gasteiger partial charge in [0.25, 0.3) is 0 Å². The number of nitrogens with one attached hydrogen (secondary N) is 1. The van der Waals surface area contributed by atoms with Crippen molar-refractivity contribution in [1.29, 1.82) is 0 Å². The average Bonchev–Trinajstić information content (AvgIpc) is 2.90. The Morgan fingerprint density at radius 2 is 2.06 bits per heavy atom. The quantitative estimate of drug-likeness (QED) is 0.783. The third kappa shape index (κ3) is 1.26. The minimum atomic E-state index is 0.128. The molecule has 4 atom stereocenters. The van der Waals surface area contributed by atoms with E-state index >= 15 is 0 Å². The summed E-state index contributed by atoms with van der Waals surface area (Å²) in [5.41, 5.74) is 0.203. The van der Waals surface area contributed by atoms with Gasteiger partial charge in [-0.15, -0.1) is 11.8 Å². The van der Waals surface area contributed by atoms with E-state index in [0.717, 1.165) is 23.0 Å². The van der Waals surface area contributed by atoms with Crippen LogP contribution in [0.15, 0.2) is 9.82 Å². The maximum Gasteiger partial charge on any atom is 0.305 e. The van der Waals surface area contributed by atoms with Crippen LogP contribution in [0.4, 0.5) is 0 Å². The zero-order valence-corrected chi connectivity index (χ0v) is 11.8. The molecule has 4 rings (SSSR count). The zero-order valence-electron chi connectivity index (χ0n) is 10.2. The van der Waals surface area contributed by atoms with Crippen LogP contribution >= 0.6 is 23.1 Å². The van der Waals surface area contributed by atoms with E-state index in [0.29, 0.717) is 0 Å². The fourth-order valence-corrected chi connectivity index (χ4v) is 7.67. The Labute approximate surface area is 109 Å². The van der Waals surface area contributed by atoms with E-state index in [1.165, 1.54) is 40.5 Å². The number of fused-ring (bicyclic) bond motifs is 6. The largest absolute Gasteiger partial charge is 0.307 e. The molecule has 1 N–H and O–H groups in total. The van der Waals surface area contributed by atoms with Crippen LogP contribution in [-0.2, 0) is 5.41 Å². The molecule has 4 heteroatoms. The number of aromatic amines is 1. The van der Waals surface area contributed by atoms with Crippen molar-refractivity contribution in [2.24, 2.45) is 17.8 Å². The van der Waals surface area contributed by atoms with E-state index in [-0.39, 0.29) is 10.3 Å². The van der Waals surface area contributed by atoms with Gasteiger partial charge in [0.05, 0.1) is 5.03 Å². The predicted octanol–water partition coefficient (Wildman–Crippen LogP) is 3.23. The molecule has 0 spiro atoms. The van der Waals surface area contributed by atoms with Gasteiger partial charge in [-0.05, 0) is 37.0 Å². The summed E-state index contributed by atoms with van der Waals surface area (Å²) >= 11 is 3.41. The maximum absolute atomic E-state index is 11.6. The second kappa shape index (κ2) is 3.21. The molecule has 1 aromatic rings. The Kier molecular flexibility index (Phi) is 2.02. The highest BCUT2D eigenvalue weighted by molar-refractivity contribution is 8.00. The van der Waals surface area contributed by atoms with E-state index in [9.17, 15) is 4.79 Å². The molecule has 1 aromatic heterocycles. The van der Waals surface area contributed by atoms with Crippen molar-refractivity contribution in [3.8, 4) is 0 Å². The third-order valence-corrected chi connectivity index (χ3v) is 7.97. The van der Waals surface area contributed by atoms with Crippen molar-refractivity contribution in [2.45, 2.75) is 48.8 Å². The molecular weight excluding hydrogens is 250 g/mol. The number of thiazole rings is 1. The lowest BCUT2D eigenvalue weighted by Gasteiger charge is -2.45. The summed E-state index contributed by atoms with van der Waals surface area (Å²) in [6, 6.07) is 0. The van der Waals surface area contributed by atoms with Gasteiger partial charge in [-0.2, -0.15) is 0 Å². The molecule has 2 nitrogen and oxygen atoms in total. The van der Waals surface area contributed by atoms with Crippen LogP contribution in [0.2, 0.25) is 0 Å². The molecular formula is C13H17NOS2. The highest BCUT2D eigenvalue weighted by atomic mass is 32.2. The fourth-order valence-electron chi connectivity index (χ4n) is 4.52. The first-order chi connectivity index (χ1) is 8.07. The number of hydrogen-bond acceptors (Lipinski definition) is 3. The molecule has 2 saturated carbocycles. The minimum Gasteiger partial charge on any atom is -0.307 e. The molecule has 0 amide bonds.